The van der Waals surface area contributed by atoms with E-state index in [1.807, 2.05) is 24.6 Å². The van der Waals surface area contributed by atoms with Gasteiger partial charge in [0, 0.05) is 12.2 Å². The van der Waals surface area contributed by atoms with Crippen molar-refractivity contribution in [1.82, 2.24) is 15.1 Å². The van der Waals surface area contributed by atoms with Crippen LogP contribution in [-0.2, 0) is 11.3 Å². The quantitative estimate of drug-likeness (QED) is 0.821. The fourth-order valence-electron chi connectivity index (χ4n) is 1.25. The average Bonchev–Trinajstić information content (AvgIpc) is 2.45. The van der Waals surface area contributed by atoms with Gasteiger partial charge in [0.2, 0.25) is 5.91 Å². The van der Waals surface area contributed by atoms with E-state index in [0.717, 1.165) is 17.9 Å². The summed E-state index contributed by atoms with van der Waals surface area (Å²) in [6.45, 7) is 5.30. The van der Waals surface area contributed by atoms with Crippen molar-refractivity contribution in [2.75, 3.05) is 11.9 Å². The highest BCUT2D eigenvalue weighted by molar-refractivity contribution is 9.09. The number of aryl methyl sites for hydroxylation is 2. The standard InChI is InChI=1S/C9H14BrN3O/c1-7-5-8(2)13(12-7)4-3-11-9(14)6-10/h5H,3-4,6H2,1-2H3,(H,11,14). The molecule has 1 aromatic rings. The number of carbonyl (C=O) groups is 1. The number of amides is 1. The maximum absolute atomic E-state index is 10.9. The van der Waals surface area contributed by atoms with Crippen molar-refractivity contribution < 1.29 is 4.79 Å². The maximum Gasteiger partial charge on any atom is 0.230 e. The molecule has 0 spiro atoms. The van der Waals surface area contributed by atoms with Crippen LogP contribution >= 0.6 is 15.9 Å². The molecule has 0 atom stereocenters. The number of alkyl halides is 1. The Hall–Kier alpha value is -0.840. The summed E-state index contributed by atoms with van der Waals surface area (Å²) < 4.78 is 1.89. The molecule has 0 saturated heterocycles. The molecule has 0 aliphatic rings. The van der Waals surface area contributed by atoms with Crippen molar-refractivity contribution in [2.45, 2.75) is 20.4 Å². The van der Waals surface area contributed by atoms with Crippen molar-refractivity contribution in [2.24, 2.45) is 0 Å². The lowest BCUT2D eigenvalue weighted by molar-refractivity contribution is -0.118. The SMILES string of the molecule is Cc1cc(C)n(CCNC(=O)CBr)n1. The summed E-state index contributed by atoms with van der Waals surface area (Å²) in [5.74, 6) is 0.00605. The molecule has 0 aliphatic carbocycles. The van der Waals surface area contributed by atoms with E-state index >= 15 is 0 Å². The number of hydrogen-bond acceptors (Lipinski definition) is 2. The number of halogens is 1. The Labute approximate surface area is 91.8 Å². The fourth-order valence-corrected chi connectivity index (χ4v) is 1.45. The van der Waals surface area contributed by atoms with E-state index in [0.29, 0.717) is 11.9 Å². The minimum Gasteiger partial charge on any atom is -0.354 e. The summed E-state index contributed by atoms with van der Waals surface area (Å²) in [5.41, 5.74) is 2.13. The second kappa shape index (κ2) is 5.14. The first-order valence-electron chi connectivity index (χ1n) is 4.47. The molecule has 0 fully saturated rings. The largest absolute Gasteiger partial charge is 0.354 e. The van der Waals surface area contributed by atoms with E-state index < -0.39 is 0 Å². The molecule has 0 radical (unpaired) electrons. The topological polar surface area (TPSA) is 46.9 Å². The van der Waals surface area contributed by atoms with E-state index in [4.69, 9.17) is 0 Å². The molecule has 0 aliphatic heterocycles. The van der Waals surface area contributed by atoms with Crippen molar-refractivity contribution in [3.05, 3.63) is 17.5 Å². The molecule has 4 nitrogen and oxygen atoms in total. The summed E-state index contributed by atoms with van der Waals surface area (Å²) in [5, 5.41) is 7.41. The van der Waals surface area contributed by atoms with Gasteiger partial charge in [0.1, 0.15) is 0 Å². The molecule has 0 aromatic carbocycles. The molecule has 1 heterocycles. The molecule has 1 rings (SSSR count). The zero-order valence-electron chi connectivity index (χ0n) is 8.38. The van der Waals surface area contributed by atoms with Gasteiger partial charge in [0.25, 0.3) is 0 Å². The van der Waals surface area contributed by atoms with E-state index in [-0.39, 0.29) is 5.91 Å². The highest BCUT2D eigenvalue weighted by Gasteiger charge is 2.01. The Morgan fingerprint density at radius 2 is 2.36 bits per heavy atom. The first-order valence-corrected chi connectivity index (χ1v) is 5.59. The Kier molecular flexibility index (Phi) is 4.13. The lowest BCUT2D eigenvalue weighted by Gasteiger charge is -2.05. The minimum atomic E-state index is 0.00605. The monoisotopic (exact) mass is 259 g/mol. The highest BCUT2D eigenvalue weighted by Crippen LogP contribution is 2.00. The lowest BCUT2D eigenvalue weighted by Crippen LogP contribution is -2.28. The third-order valence-electron chi connectivity index (χ3n) is 1.87. The molecule has 0 bridgehead atoms. The molecule has 1 aromatic heterocycles. The normalized spacial score (nSPS) is 10.2. The Bertz CT molecular complexity index is 322. The smallest absolute Gasteiger partial charge is 0.230 e. The lowest BCUT2D eigenvalue weighted by atomic mass is 10.4. The molecule has 1 N–H and O–H groups in total. The second-order valence-electron chi connectivity index (χ2n) is 3.13. The van der Waals surface area contributed by atoms with Gasteiger partial charge in [-0.15, -0.1) is 0 Å². The third kappa shape index (κ3) is 3.14. The molecule has 1 amide bonds. The molecular weight excluding hydrogens is 246 g/mol. The van der Waals surface area contributed by atoms with Gasteiger partial charge < -0.3 is 5.32 Å². The second-order valence-corrected chi connectivity index (χ2v) is 3.69. The number of rotatable bonds is 4. The minimum absolute atomic E-state index is 0.00605. The van der Waals surface area contributed by atoms with E-state index in [2.05, 4.69) is 26.3 Å². The van der Waals surface area contributed by atoms with Crippen LogP contribution in [0.3, 0.4) is 0 Å². The first-order chi connectivity index (χ1) is 6.63. The average molecular weight is 260 g/mol. The number of hydrogen-bond donors (Lipinski definition) is 1. The van der Waals surface area contributed by atoms with Gasteiger partial charge in [-0.05, 0) is 19.9 Å². The van der Waals surface area contributed by atoms with Crippen molar-refractivity contribution >= 4 is 21.8 Å². The van der Waals surface area contributed by atoms with Crippen LogP contribution in [0.4, 0.5) is 0 Å². The number of carbonyl (C=O) groups excluding carboxylic acids is 1. The molecule has 0 saturated carbocycles. The zero-order chi connectivity index (χ0) is 10.6. The van der Waals surface area contributed by atoms with Gasteiger partial charge in [-0.2, -0.15) is 5.10 Å². The molecule has 78 valence electrons. The van der Waals surface area contributed by atoms with Gasteiger partial charge in [-0.25, -0.2) is 0 Å². The summed E-state index contributed by atoms with van der Waals surface area (Å²) in [6, 6.07) is 2.02. The van der Waals surface area contributed by atoms with Crippen LogP contribution in [0.2, 0.25) is 0 Å². The van der Waals surface area contributed by atoms with Crippen LogP contribution in [0.1, 0.15) is 11.4 Å². The number of nitrogens with zero attached hydrogens (tertiary/aromatic N) is 2. The van der Waals surface area contributed by atoms with E-state index in [1.54, 1.807) is 0 Å². The van der Waals surface area contributed by atoms with Gasteiger partial charge in [-0.3, -0.25) is 9.48 Å². The fraction of sp³-hybridized carbons (Fsp3) is 0.556. The van der Waals surface area contributed by atoms with Gasteiger partial charge in [-0.1, -0.05) is 15.9 Å². The van der Waals surface area contributed by atoms with Crippen LogP contribution in [0, 0.1) is 13.8 Å². The summed E-state index contributed by atoms with van der Waals surface area (Å²) in [6.07, 6.45) is 0. The number of aromatic nitrogens is 2. The van der Waals surface area contributed by atoms with Crippen LogP contribution in [0.25, 0.3) is 0 Å². The van der Waals surface area contributed by atoms with Crippen LogP contribution in [0.15, 0.2) is 6.07 Å². The van der Waals surface area contributed by atoms with Crippen LogP contribution in [0.5, 0.6) is 0 Å². The van der Waals surface area contributed by atoms with Crippen LogP contribution in [-0.4, -0.2) is 27.6 Å². The number of nitrogens with one attached hydrogen (secondary N) is 1. The summed E-state index contributed by atoms with van der Waals surface area (Å²) in [7, 11) is 0. The Morgan fingerprint density at radius 1 is 1.64 bits per heavy atom. The van der Waals surface area contributed by atoms with Gasteiger partial charge in [0.05, 0.1) is 17.6 Å². The molecule has 0 unspecified atom stereocenters. The predicted octanol–water partition coefficient (Wildman–Crippen LogP) is 1.01. The van der Waals surface area contributed by atoms with Gasteiger partial charge >= 0.3 is 0 Å². The van der Waals surface area contributed by atoms with Crippen molar-refractivity contribution in [1.29, 1.82) is 0 Å². The predicted molar refractivity (Wildman–Crippen MR) is 58.5 cm³/mol. The molecular formula is C9H14BrN3O. The van der Waals surface area contributed by atoms with Gasteiger partial charge in [0.15, 0.2) is 0 Å². The van der Waals surface area contributed by atoms with Crippen molar-refractivity contribution in [3.63, 3.8) is 0 Å². The summed E-state index contributed by atoms with van der Waals surface area (Å²) >= 11 is 3.09. The summed E-state index contributed by atoms with van der Waals surface area (Å²) in [4.78, 5) is 10.9. The first kappa shape index (κ1) is 11.2. The Balaban J connectivity index is 2.38. The third-order valence-corrected chi connectivity index (χ3v) is 2.38. The molecule has 5 heteroatoms. The molecule has 14 heavy (non-hydrogen) atoms. The van der Waals surface area contributed by atoms with Crippen molar-refractivity contribution in [3.8, 4) is 0 Å². The van der Waals surface area contributed by atoms with E-state index in [1.165, 1.54) is 0 Å². The van der Waals surface area contributed by atoms with E-state index in [9.17, 15) is 4.79 Å². The Morgan fingerprint density at radius 3 is 2.86 bits per heavy atom. The zero-order valence-corrected chi connectivity index (χ0v) is 9.97. The van der Waals surface area contributed by atoms with Crippen LogP contribution < -0.4 is 5.32 Å². The highest BCUT2D eigenvalue weighted by atomic mass is 79.9. The maximum atomic E-state index is 10.9.